The quantitative estimate of drug-likeness (QED) is 0.0376. The average molecular weight is 743 g/mol. The smallest absolute Gasteiger partial charge is 0.327 e. The molecule has 0 aliphatic rings. The third kappa shape index (κ3) is 35.0. The number of nitrogens with one attached hydrogen (secondary N) is 1. The minimum Gasteiger partial charge on any atom is -0.462 e. The van der Waals surface area contributed by atoms with E-state index in [1.807, 2.05) is 0 Å². The molecule has 0 fully saturated rings. The molecule has 0 aliphatic heterocycles. The Balaban J connectivity index is 4.33. The largest absolute Gasteiger partial charge is 0.462 e. The zero-order valence-electron chi connectivity index (χ0n) is 30.2. The Hall–Kier alpha value is -1.25. The van der Waals surface area contributed by atoms with Gasteiger partial charge in [-0.15, -0.1) is 0 Å². The molecule has 0 bridgehead atoms. The predicted octanol–water partition coefficient (Wildman–Crippen LogP) is 5.13. The van der Waals surface area contributed by atoms with Gasteiger partial charge in [0.1, 0.15) is 12.7 Å². The number of carbonyl (C=O) groups excluding carboxylic acids is 3. The summed E-state index contributed by atoms with van der Waals surface area (Å²) in [4.78, 5) is 54.8. The molecule has 0 saturated heterocycles. The first-order valence-corrected chi connectivity index (χ1v) is 21.3. The highest BCUT2D eigenvalue weighted by molar-refractivity contribution is 7.99. The van der Waals surface area contributed by atoms with Crippen LogP contribution in [0.1, 0.15) is 117 Å². The summed E-state index contributed by atoms with van der Waals surface area (Å²) >= 11 is 1.37. The first-order valence-electron chi connectivity index (χ1n) is 18.3. The first-order chi connectivity index (χ1) is 23.6. The summed E-state index contributed by atoms with van der Waals surface area (Å²) in [5.74, 6) is -0.267. The third-order valence-electron chi connectivity index (χ3n) is 7.45. The lowest BCUT2D eigenvalue weighted by Crippen LogP contribution is -2.43. The van der Waals surface area contributed by atoms with Crippen LogP contribution in [0.5, 0.6) is 0 Å². The Morgan fingerprint density at radius 2 is 1.18 bits per heavy atom. The van der Waals surface area contributed by atoms with Crippen LogP contribution in [0.2, 0.25) is 0 Å². The molecule has 0 radical (unpaired) electrons. The number of esters is 2. The second-order valence-electron chi connectivity index (χ2n) is 12.2. The predicted molar refractivity (Wildman–Crippen MR) is 194 cm³/mol. The molecule has 0 unspecified atom stereocenters. The summed E-state index contributed by atoms with van der Waals surface area (Å²) in [6.45, 7) is 5.98. The van der Waals surface area contributed by atoms with Gasteiger partial charge in [-0.2, -0.15) is 11.8 Å². The van der Waals surface area contributed by atoms with Gasteiger partial charge in [0.15, 0.2) is 0 Å². The summed E-state index contributed by atoms with van der Waals surface area (Å²) in [6, 6.07) is -0.775. The van der Waals surface area contributed by atoms with E-state index in [1.54, 1.807) is 0 Å². The highest BCUT2D eigenvalue weighted by atomic mass is 32.2. The zero-order valence-corrected chi connectivity index (χ0v) is 32.0. The van der Waals surface area contributed by atoms with Crippen LogP contribution in [-0.4, -0.2) is 110 Å². The highest BCUT2D eigenvalue weighted by Crippen LogP contribution is 2.33. The molecule has 0 aromatic rings. The van der Waals surface area contributed by atoms with E-state index in [-0.39, 0.29) is 63.6 Å². The van der Waals surface area contributed by atoms with Crippen LogP contribution in [0, 0.1) is 0 Å². The lowest BCUT2D eigenvalue weighted by Gasteiger charge is -2.19. The van der Waals surface area contributed by atoms with E-state index >= 15 is 0 Å². The van der Waals surface area contributed by atoms with E-state index in [2.05, 4.69) is 19.2 Å². The van der Waals surface area contributed by atoms with Crippen LogP contribution in [0.3, 0.4) is 0 Å². The number of unbranched alkanes of at least 4 members (excludes halogenated alkanes) is 12. The van der Waals surface area contributed by atoms with Crippen molar-refractivity contribution in [3.63, 3.8) is 0 Å². The Kier molecular flexibility index (Phi) is 33.0. The van der Waals surface area contributed by atoms with Crippen LogP contribution in [0.25, 0.3) is 0 Å². The number of rotatable bonds is 36. The molecule has 0 aromatic carbocycles. The molecular weight excluding hydrogens is 675 g/mol. The van der Waals surface area contributed by atoms with Gasteiger partial charge in [-0.3, -0.25) is 18.9 Å². The van der Waals surface area contributed by atoms with E-state index in [0.29, 0.717) is 37.6 Å². The molecular formula is C34H67N2O11PS. The molecule has 5 N–H and O–H groups in total. The number of hydrogen-bond acceptors (Lipinski definition) is 11. The van der Waals surface area contributed by atoms with Gasteiger partial charge >= 0.3 is 19.5 Å². The van der Waals surface area contributed by atoms with Gasteiger partial charge in [0, 0.05) is 30.9 Å². The fraction of sp³-hybridized carbons (Fsp3) is 0.912. The maximum Gasteiger partial charge on any atom is 0.327 e. The topological polar surface area (TPSA) is 193 Å². The van der Waals surface area contributed by atoms with Gasteiger partial charge < -0.3 is 44.5 Å². The van der Waals surface area contributed by atoms with Crippen molar-refractivity contribution in [1.29, 1.82) is 0 Å². The Morgan fingerprint density at radius 3 is 1.73 bits per heavy atom. The second kappa shape index (κ2) is 33.9. The highest BCUT2D eigenvalue weighted by Gasteiger charge is 2.20. The van der Waals surface area contributed by atoms with Crippen molar-refractivity contribution in [3.05, 3.63) is 0 Å². The fourth-order valence-corrected chi connectivity index (χ4v) is 5.91. The molecule has 0 heterocycles. The zero-order chi connectivity index (χ0) is 36.4. The van der Waals surface area contributed by atoms with Gasteiger partial charge in [0.05, 0.1) is 51.8 Å². The van der Waals surface area contributed by atoms with Crippen molar-refractivity contribution >= 4 is 37.2 Å². The molecule has 0 aromatic heterocycles. The van der Waals surface area contributed by atoms with E-state index in [4.69, 9.17) is 39.2 Å². The van der Waals surface area contributed by atoms with Crippen LogP contribution in [0.15, 0.2) is 0 Å². The standard InChI is InChI=1S/C34H67N2O11PS/c1-3-5-7-9-11-13-15-17-32(37)46-27-30(47-33(38)18-16-14-12-10-8-6-4-2)28-49-29-31(35)34(39)36-19-20-43-21-22-44-23-24-45-25-26-48(40,41)42/h30-31H,3-29,35H2,1-2H3,(H,36,39)(H2,40,41,42)/t30-,31-/m1/s1. The number of carbonyl (C=O) groups is 3. The van der Waals surface area contributed by atoms with Crippen molar-refractivity contribution in [1.82, 2.24) is 5.32 Å². The van der Waals surface area contributed by atoms with E-state index in [0.717, 1.165) is 38.5 Å². The summed E-state index contributed by atoms with van der Waals surface area (Å²) in [6.07, 6.45) is 15.2. The van der Waals surface area contributed by atoms with E-state index in [9.17, 15) is 18.9 Å². The molecule has 1 amide bonds. The second-order valence-corrected chi connectivity index (χ2v) is 15.0. The minimum absolute atomic E-state index is 0.0167. The number of hydrogen-bond donors (Lipinski definition) is 4. The van der Waals surface area contributed by atoms with Crippen LogP contribution in [-0.2, 0) is 42.6 Å². The normalized spacial score (nSPS) is 12.8. The number of ether oxygens (including phenoxy) is 5. The van der Waals surface area contributed by atoms with Gasteiger partial charge in [-0.1, -0.05) is 90.9 Å². The van der Waals surface area contributed by atoms with Gasteiger partial charge in [0.25, 0.3) is 0 Å². The molecule has 13 nitrogen and oxygen atoms in total. The monoisotopic (exact) mass is 742 g/mol. The summed E-state index contributed by atoms with van der Waals surface area (Å²) in [5, 5.41) is 2.73. The van der Waals surface area contributed by atoms with E-state index in [1.165, 1.54) is 63.1 Å². The average Bonchev–Trinajstić information content (AvgIpc) is 3.06. The van der Waals surface area contributed by atoms with Crippen molar-refractivity contribution in [3.8, 4) is 0 Å². The van der Waals surface area contributed by atoms with Crippen molar-refractivity contribution in [2.45, 2.75) is 129 Å². The SMILES string of the molecule is CCCCCCCCCC(=O)OC[C@H](CSC[C@@H](N)C(=O)NCCOCCOCCOCCP(=O)(O)O)OC(=O)CCCCCCCCC. The van der Waals surface area contributed by atoms with E-state index < -0.39 is 19.7 Å². The summed E-state index contributed by atoms with van der Waals surface area (Å²) in [5.41, 5.74) is 6.07. The Bertz CT molecular complexity index is 866. The molecule has 0 aliphatic carbocycles. The molecule has 0 spiro atoms. The van der Waals surface area contributed by atoms with Crippen LogP contribution in [0.4, 0.5) is 0 Å². The minimum atomic E-state index is -4.05. The number of thioether (sulfide) groups is 1. The first kappa shape index (κ1) is 47.8. The van der Waals surface area contributed by atoms with Gasteiger partial charge in [0.2, 0.25) is 5.91 Å². The molecule has 49 heavy (non-hydrogen) atoms. The molecule has 290 valence electrons. The summed E-state index contributed by atoms with van der Waals surface area (Å²) < 4.78 is 37.7. The molecule has 0 rings (SSSR count). The maximum atomic E-state index is 12.6. The molecule has 0 saturated carbocycles. The van der Waals surface area contributed by atoms with Gasteiger partial charge in [-0.05, 0) is 12.8 Å². The Morgan fingerprint density at radius 1 is 0.694 bits per heavy atom. The number of amides is 1. The van der Waals surface area contributed by atoms with Crippen molar-refractivity contribution in [2.75, 3.05) is 70.5 Å². The van der Waals surface area contributed by atoms with Crippen LogP contribution < -0.4 is 11.1 Å². The lowest BCUT2D eigenvalue weighted by atomic mass is 10.1. The molecule has 15 heteroatoms. The third-order valence-corrected chi connectivity index (χ3v) is 9.42. The Labute approximate surface area is 299 Å². The number of nitrogens with two attached hydrogens (primary N) is 1. The van der Waals surface area contributed by atoms with Gasteiger partial charge in [-0.25, -0.2) is 0 Å². The summed E-state index contributed by atoms with van der Waals surface area (Å²) in [7, 11) is -4.05. The van der Waals surface area contributed by atoms with Crippen molar-refractivity contribution in [2.24, 2.45) is 5.73 Å². The molecule has 2 atom stereocenters. The maximum absolute atomic E-state index is 12.6. The van der Waals surface area contributed by atoms with Crippen molar-refractivity contribution < 1.29 is 52.4 Å². The van der Waals surface area contributed by atoms with Crippen LogP contribution >= 0.6 is 19.4 Å². The lowest BCUT2D eigenvalue weighted by molar-refractivity contribution is -0.157. The fourth-order valence-electron chi connectivity index (χ4n) is 4.58.